The summed E-state index contributed by atoms with van der Waals surface area (Å²) in [5.41, 5.74) is 1.15. The lowest BCUT2D eigenvalue weighted by Crippen LogP contribution is -2.15. The summed E-state index contributed by atoms with van der Waals surface area (Å²) in [6.45, 7) is 2.95. The molecular formula is C18H18O4. The molecule has 0 aromatic heterocycles. The molecule has 0 heterocycles. The van der Waals surface area contributed by atoms with Gasteiger partial charge >= 0.3 is 5.97 Å². The van der Waals surface area contributed by atoms with E-state index in [-0.39, 0.29) is 18.0 Å². The van der Waals surface area contributed by atoms with E-state index in [0.717, 1.165) is 0 Å². The molecule has 0 saturated carbocycles. The van der Waals surface area contributed by atoms with Crippen molar-refractivity contribution in [3.8, 4) is 0 Å². The molecule has 0 unspecified atom stereocenters. The van der Waals surface area contributed by atoms with Crippen LogP contribution in [0.2, 0.25) is 0 Å². The largest absolute Gasteiger partial charge is 0.460 e. The number of hydrogen-bond donors (Lipinski definition) is 0. The van der Waals surface area contributed by atoms with Gasteiger partial charge in [0.25, 0.3) is 0 Å². The predicted octanol–water partition coefficient (Wildman–Crippen LogP) is 3.11. The number of esters is 1. The van der Waals surface area contributed by atoms with E-state index in [4.69, 9.17) is 9.47 Å². The molecule has 4 heteroatoms. The quantitative estimate of drug-likeness (QED) is 0.448. The molecule has 0 atom stereocenters. The molecule has 0 aliphatic carbocycles. The summed E-state index contributed by atoms with van der Waals surface area (Å²) < 4.78 is 10.3. The predicted molar refractivity (Wildman–Crippen MR) is 83.1 cm³/mol. The average molecular weight is 298 g/mol. The molecule has 2 aromatic rings. The summed E-state index contributed by atoms with van der Waals surface area (Å²) >= 11 is 0. The molecule has 0 saturated heterocycles. The standard InChI is InChI=1S/C18H18O4/c1-2-21-12-13-22-18(20)16-11-7-6-10-15(16)17(19)14-8-4-3-5-9-14/h3-11H,2,12-13H2,1H3. The Bertz CT molecular complexity index is 635. The zero-order chi connectivity index (χ0) is 15.8. The first kappa shape index (κ1) is 15.9. The number of ether oxygens (including phenoxy) is 2. The molecule has 4 nitrogen and oxygen atoms in total. The fourth-order valence-electron chi connectivity index (χ4n) is 2.02. The molecular weight excluding hydrogens is 280 g/mol. The van der Waals surface area contributed by atoms with E-state index in [2.05, 4.69) is 0 Å². The minimum absolute atomic E-state index is 0.167. The van der Waals surface area contributed by atoms with Gasteiger partial charge in [-0.1, -0.05) is 48.5 Å². The van der Waals surface area contributed by atoms with Gasteiger partial charge in [0.05, 0.1) is 12.2 Å². The van der Waals surface area contributed by atoms with Crippen LogP contribution in [0.15, 0.2) is 54.6 Å². The molecule has 0 amide bonds. The number of benzene rings is 2. The van der Waals surface area contributed by atoms with Gasteiger partial charge in [0.2, 0.25) is 0 Å². The van der Waals surface area contributed by atoms with Crippen molar-refractivity contribution in [2.45, 2.75) is 6.92 Å². The van der Waals surface area contributed by atoms with Crippen LogP contribution >= 0.6 is 0 Å². The van der Waals surface area contributed by atoms with Crippen molar-refractivity contribution in [2.75, 3.05) is 19.8 Å². The van der Waals surface area contributed by atoms with Crippen molar-refractivity contribution in [1.82, 2.24) is 0 Å². The Kier molecular flexibility index (Phi) is 5.86. The van der Waals surface area contributed by atoms with E-state index >= 15 is 0 Å². The second-order valence-corrected chi connectivity index (χ2v) is 4.57. The van der Waals surface area contributed by atoms with E-state index in [1.54, 1.807) is 48.5 Å². The second kappa shape index (κ2) is 8.10. The van der Waals surface area contributed by atoms with Gasteiger partial charge in [0.1, 0.15) is 6.61 Å². The van der Waals surface area contributed by atoms with Crippen LogP contribution < -0.4 is 0 Å². The zero-order valence-corrected chi connectivity index (χ0v) is 12.5. The number of carbonyl (C=O) groups is 2. The lowest BCUT2D eigenvalue weighted by atomic mass is 9.98. The maximum absolute atomic E-state index is 12.5. The molecule has 114 valence electrons. The highest BCUT2D eigenvalue weighted by Crippen LogP contribution is 2.15. The first-order valence-electron chi connectivity index (χ1n) is 7.17. The van der Waals surface area contributed by atoms with Crippen LogP contribution in [-0.2, 0) is 9.47 Å². The van der Waals surface area contributed by atoms with Gasteiger partial charge < -0.3 is 9.47 Å². The summed E-state index contributed by atoms with van der Waals surface area (Å²) in [6, 6.07) is 15.5. The molecule has 0 aliphatic heterocycles. The average Bonchev–Trinajstić information content (AvgIpc) is 2.58. The number of hydrogen-bond acceptors (Lipinski definition) is 4. The molecule has 2 rings (SSSR count). The van der Waals surface area contributed by atoms with Gasteiger partial charge in [0, 0.05) is 17.7 Å². The molecule has 0 bridgehead atoms. The zero-order valence-electron chi connectivity index (χ0n) is 12.5. The van der Waals surface area contributed by atoms with Gasteiger partial charge in [-0.05, 0) is 13.0 Å². The van der Waals surface area contributed by atoms with Crippen molar-refractivity contribution >= 4 is 11.8 Å². The normalized spacial score (nSPS) is 10.2. The molecule has 0 radical (unpaired) electrons. The van der Waals surface area contributed by atoms with Crippen LogP contribution in [0.3, 0.4) is 0 Å². The Hall–Kier alpha value is -2.46. The van der Waals surface area contributed by atoms with Crippen molar-refractivity contribution in [1.29, 1.82) is 0 Å². The molecule has 0 spiro atoms. The third-order valence-electron chi connectivity index (χ3n) is 3.09. The third-order valence-corrected chi connectivity index (χ3v) is 3.09. The van der Waals surface area contributed by atoms with Crippen LogP contribution in [0.5, 0.6) is 0 Å². The Labute approximate surface area is 129 Å². The minimum atomic E-state index is -0.514. The molecule has 0 fully saturated rings. The van der Waals surface area contributed by atoms with Crippen LogP contribution in [0.4, 0.5) is 0 Å². The topological polar surface area (TPSA) is 52.6 Å². The van der Waals surface area contributed by atoms with Crippen LogP contribution in [0.1, 0.15) is 33.2 Å². The van der Waals surface area contributed by atoms with Gasteiger partial charge in [-0.3, -0.25) is 4.79 Å². The number of carbonyl (C=O) groups excluding carboxylic acids is 2. The number of rotatable bonds is 7. The summed E-state index contributed by atoms with van der Waals surface area (Å²) in [5, 5.41) is 0. The van der Waals surface area contributed by atoms with Crippen molar-refractivity contribution in [3.63, 3.8) is 0 Å². The Morgan fingerprint density at radius 3 is 2.18 bits per heavy atom. The lowest BCUT2D eigenvalue weighted by molar-refractivity contribution is 0.0333. The van der Waals surface area contributed by atoms with Crippen molar-refractivity contribution in [3.05, 3.63) is 71.3 Å². The van der Waals surface area contributed by atoms with Crippen LogP contribution in [-0.4, -0.2) is 31.6 Å². The highest BCUT2D eigenvalue weighted by Gasteiger charge is 2.18. The summed E-state index contributed by atoms with van der Waals surface area (Å²) in [7, 11) is 0. The monoisotopic (exact) mass is 298 g/mol. The highest BCUT2D eigenvalue weighted by atomic mass is 16.6. The van der Waals surface area contributed by atoms with Crippen molar-refractivity contribution in [2.24, 2.45) is 0 Å². The summed E-state index contributed by atoms with van der Waals surface area (Å²) in [6.07, 6.45) is 0. The van der Waals surface area contributed by atoms with E-state index in [0.29, 0.717) is 24.3 Å². The Morgan fingerprint density at radius 1 is 0.864 bits per heavy atom. The minimum Gasteiger partial charge on any atom is -0.460 e. The molecule has 0 aliphatic rings. The first-order valence-corrected chi connectivity index (χ1v) is 7.17. The van der Waals surface area contributed by atoms with E-state index in [9.17, 15) is 9.59 Å². The number of ketones is 1. The summed E-state index contributed by atoms with van der Waals surface area (Å²) in [5.74, 6) is -0.711. The summed E-state index contributed by atoms with van der Waals surface area (Å²) in [4.78, 5) is 24.6. The van der Waals surface area contributed by atoms with Gasteiger partial charge in [0.15, 0.2) is 5.78 Å². The van der Waals surface area contributed by atoms with Gasteiger partial charge in [-0.2, -0.15) is 0 Å². The molecule has 0 N–H and O–H groups in total. The maximum Gasteiger partial charge on any atom is 0.338 e. The Balaban J connectivity index is 2.16. The third kappa shape index (κ3) is 4.02. The fraction of sp³-hybridized carbons (Fsp3) is 0.222. The Morgan fingerprint density at radius 2 is 1.50 bits per heavy atom. The fourth-order valence-corrected chi connectivity index (χ4v) is 2.02. The first-order chi connectivity index (χ1) is 10.7. The maximum atomic E-state index is 12.5. The second-order valence-electron chi connectivity index (χ2n) is 4.57. The lowest BCUT2D eigenvalue weighted by Gasteiger charge is -2.09. The SMILES string of the molecule is CCOCCOC(=O)c1ccccc1C(=O)c1ccccc1. The smallest absolute Gasteiger partial charge is 0.338 e. The van der Waals surface area contributed by atoms with Crippen LogP contribution in [0, 0.1) is 0 Å². The van der Waals surface area contributed by atoms with Gasteiger partial charge in [-0.15, -0.1) is 0 Å². The highest BCUT2D eigenvalue weighted by molar-refractivity contribution is 6.14. The molecule has 22 heavy (non-hydrogen) atoms. The van der Waals surface area contributed by atoms with Crippen LogP contribution in [0.25, 0.3) is 0 Å². The molecule has 2 aromatic carbocycles. The van der Waals surface area contributed by atoms with Crippen molar-refractivity contribution < 1.29 is 19.1 Å². The van der Waals surface area contributed by atoms with Gasteiger partial charge in [-0.25, -0.2) is 4.79 Å². The van der Waals surface area contributed by atoms with E-state index in [1.165, 1.54) is 0 Å². The van der Waals surface area contributed by atoms with E-state index < -0.39 is 5.97 Å². The van der Waals surface area contributed by atoms with E-state index in [1.807, 2.05) is 13.0 Å².